The van der Waals surface area contributed by atoms with Crippen LogP contribution in [0, 0.1) is 0 Å². The van der Waals surface area contributed by atoms with Crippen molar-refractivity contribution in [3.63, 3.8) is 0 Å². The van der Waals surface area contributed by atoms with E-state index in [0.717, 1.165) is 34.0 Å². The number of pyridine rings is 1. The largest absolute Gasteiger partial charge is 0.478 e. The van der Waals surface area contributed by atoms with Crippen LogP contribution in [-0.4, -0.2) is 35.0 Å². The maximum Gasteiger partial charge on any atom is 0.337 e. The van der Waals surface area contributed by atoms with Gasteiger partial charge in [0.15, 0.2) is 0 Å². The number of carbonyl (C=O) groups is 1. The Bertz CT molecular complexity index is 633. The number of hydrogen-bond donors (Lipinski definition) is 2. The minimum atomic E-state index is -0.953. The molecular formula is C11H9N3O2S. The van der Waals surface area contributed by atoms with Crippen molar-refractivity contribution in [2.75, 3.05) is 13.1 Å². The van der Waals surface area contributed by atoms with Crippen LogP contribution in [0.15, 0.2) is 23.3 Å². The molecule has 2 N–H and O–H groups in total. The van der Waals surface area contributed by atoms with Gasteiger partial charge in [0.2, 0.25) is 0 Å². The van der Waals surface area contributed by atoms with Crippen molar-refractivity contribution in [2.45, 2.75) is 0 Å². The second kappa shape index (κ2) is 3.81. The van der Waals surface area contributed by atoms with Crippen LogP contribution in [-0.2, 0) is 0 Å². The van der Waals surface area contributed by atoms with Crippen LogP contribution in [0.1, 0.15) is 15.2 Å². The highest BCUT2D eigenvalue weighted by atomic mass is 32.1. The number of nitrogens with zero attached hydrogens (tertiary/aromatic N) is 2. The molecule has 5 nitrogen and oxygen atoms in total. The molecule has 3 rings (SSSR count). The van der Waals surface area contributed by atoms with Crippen molar-refractivity contribution in [2.24, 2.45) is 4.99 Å². The molecule has 0 amide bonds. The highest BCUT2D eigenvalue weighted by Crippen LogP contribution is 2.25. The number of carboxylic acids is 1. The normalized spacial score (nSPS) is 14.7. The second-order valence-corrected chi connectivity index (χ2v) is 4.76. The Kier molecular flexibility index (Phi) is 2.29. The summed E-state index contributed by atoms with van der Waals surface area (Å²) in [6, 6.07) is 3.58. The summed E-state index contributed by atoms with van der Waals surface area (Å²) in [7, 11) is 0. The third kappa shape index (κ3) is 1.76. The molecule has 3 heterocycles. The van der Waals surface area contributed by atoms with Gasteiger partial charge in [0, 0.05) is 12.7 Å². The molecule has 0 spiro atoms. The van der Waals surface area contributed by atoms with E-state index in [1.165, 1.54) is 17.5 Å². The third-order valence-electron chi connectivity index (χ3n) is 2.52. The summed E-state index contributed by atoms with van der Waals surface area (Å²) in [5, 5.41) is 12.1. The molecule has 0 aliphatic carbocycles. The standard InChI is InChI=1S/C11H9N3O2S/c15-11(16)6-3-8-7(14-5-6)4-9(17-8)10-12-1-2-13-10/h3-5H,1-2H2,(H,12,13)(H,15,16). The molecule has 0 aromatic carbocycles. The van der Waals surface area contributed by atoms with E-state index in [9.17, 15) is 4.79 Å². The molecule has 2 aromatic heterocycles. The number of carboxylic acid groups (broad SMARTS) is 1. The molecule has 0 fully saturated rings. The highest BCUT2D eigenvalue weighted by Gasteiger charge is 2.13. The Morgan fingerprint density at radius 3 is 3.06 bits per heavy atom. The number of aromatic carboxylic acids is 1. The minimum absolute atomic E-state index is 0.215. The summed E-state index contributed by atoms with van der Waals surface area (Å²) < 4.78 is 0.872. The van der Waals surface area contributed by atoms with Crippen molar-refractivity contribution in [1.82, 2.24) is 10.3 Å². The first-order valence-electron chi connectivity index (χ1n) is 5.15. The lowest BCUT2D eigenvalue weighted by molar-refractivity contribution is 0.0696. The van der Waals surface area contributed by atoms with Crippen LogP contribution < -0.4 is 5.32 Å². The number of nitrogens with one attached hydrogen (secondary N) is 1. The smallest absolute Gasteiger partial charge is 0.337 e. The van der Waals surface area contributed by atoms with Gasteiger partial charge in [0.25, 0.3) is 0 Å². The maximum absolute atomic E-state index is 10.8. The van der Waals surface area contributed by atoms with Gasteiger partial charge in [-0.2, -0.15) is 0 Å². The van der Waals surface area contributed by atoms with Crippen molar-refractivity contribution < 1.29 is 9.90 Å². The number of aliphatic imine (C=N–C) groups is 1. The zero-order chi connectivity index (χ0) is 11.8. The number of rotatable bonds is 2. The monoisotopic (exact) mass is 247 g/mol. The van der Waals surface area contributed by atoms with Gasteiger partial charge in [-0.1, -0.05) is 0 Å². The molecule has 0 bridgehead atoms. The maximum atomic E-state index is 10.8. The lowest BCUT2D eigenvalue weighted by Gasteiger charge is -1.94. The SMILES string of the molecule is O=C(O)c1cnc2cc(C3=NCCN3)sc2c1. The molecule has 0 saturated carbocycles. The van der Waals surface area contributed by atoms with Crippen molar-refractivity contribution in [1.29, 1.82) is 0 Å². The predicted octanol–water partition coefficient (Wildman–Crippen LogP) is 1.34. The van der Waals surface area contributed by atoms with E-state index in [0.29, 0.717) is 0 Å². The molecule has 2 aromatic rings. The Hall–Kier alpha value is -1.95. The van der Waals surface area contributed by atoms with Crippen LogP contribution in [0.2, 0.25) is 0 Å². The van der Waals surface area contributed by atoms with E-state index in [2.05, 4.69) is 15.3 Å². The number of thiophene rings is 1. The van der Waals surface area contributed by atoms with Crippen molar-refractivity contribution >= 4 is 33.4 Å². The summed E-state index contributed by atoms with van der Waals surface area (Å²) in [5.74, 6) is -0.0736. The lowest BCUT2D eigenvalue weighted by Crippen LogP contribution is -2.18. The van der Waals surface area contributed by atoms with Gasteiger partial charge in [0.05, 0.1) is 27.2 Å². The lowest BCUT2D eigenvalue weighted by atomic mass is 10.2. The second-order valence-electron chi connectivity index (χ2n) is 3.68. The molecule has 0 atom stereocenters. The van der Waals surface area contributed by atoms with E-state index >= 15 is 0 Å². The number of aromatic nitrogens is 1. The number of hydrogen-bond acceptors (Lipinski definition) is 5. The summed E-state index contributed by atoms with van der Waals surface area (Å²) >= 11 is 1.51. The highest BCUT2D eigenvalue weighted by molar-refractivity contribution is 7.20. The van der Waals surface area contributed by atoms with Gasteiger partial charge in [-0.25, -0.2) is 4.79 Å². The zero-order valence-electron chi connectivity index (χ0n) is 8.80. The van der Waals surface area contributed by atoms with Gasteiger partial charge in [-0.3, -0.25) is 9.98 Å². The summed E-state index contributed by atoms with van der Waals surface area (Å²) in [6.07, 6.45) is 1.38. The zero-order valence-corrected chi connectivity index (χ0v) is 9.62. The number of fused-ring (bicyclic) bond motifs is 1. The predicted molar refractivity (Wildman–Crippen MR) is 66.0 cm³/mol. The fraction of sp³-hybridized carbons (Fsp3) is 0.182. The van der Waals surface area contributed by atoms with Crippen LogP contribution in [0.4, 0.5) is 0 Å². The molecule has 1 aliphatic heterocycles. The van der Waals surface area contributed by atoms with Crippen LogP contribution in [0.3, 0.4) is 0 Å². The van der Waals surface area contributed by atoms with Gasteiger partial charge in [0.1, 0.15) is 5.84 Å². The summed E-state index contributed by atoms with van der Waals surface area (Å²) in [6.45, 7) is 1.65. The van der Waals surface area contributed by atoms with E-state index < -0.39 is 5.97 Å². The van der Waals surface area contributed by atoms with Crippen molar-refractivity contribution in [3.05, 3.63) is 28.8 Å². The first-order valence-corrected chi connectivity index (χ1v) is 5.97. The Balaban J connectivity index is 2.09. The van der Waals surface area contributed by atoms with Crippen LogP contribution in [0.25, 0.3) is 10.2 Å². The molecule has 86 valence electrons. The Morgan fingerprint density at radius 2 is 2.35 bits per heavy atom. The summed E-state index contributed by atoms with van der Waals surface area (Å²) in [4.78, 5) is 20.3. The van der Waals surface area contributed by atoms with Crippen LogP contribution >= 0.6 is 11.3 Å². The number of amidine groups is 1. The quantitative estimate of drug-likeness (QED) is 0.840. The van der Waals surface area contributed by atoms with E-state index in [-0.39, 0.29) is 5.56 Å². The van der Waals surface area contributed by atoms with E-state index in [1.807, 2.05) is 6.07 Å². The first kappa shape index (κ1) is 10.2. The van der Waals surface area contributed by atoms with Gasteiger partial charge in [-0.15, -0.1) is 11.3 Å². The summed E-state index contributed by atoms with van der Waals surface area (Å²) in [5.41, 5.74) is 1.03. The fourth-order valence-corrected chi connectivity index (χ4v) is 2.76. The topological polar surface area (TPSA) is 74.6 Å². The third-order valence-corrected chi connectivity index (χ3v) is 3.60. The minimum Gasteiger partial charge on any atom is -0.478 e. The molecule has 1 aliphatic rings. The van der Waals surface area contributed by atoms with Gasteiger partial charge in [-0.05, 0) is 12.1 Å². The van der Waals surface area contributed by atoms with Gasteiger partial charge >= 0.3 is 5.97 Å². The average molecular weight is 247 g/mol. The molecule has 6 heteroatoms. The molecule has 0 saturated heterocycles. The van der Waals surface area contributed by atoms with Crippen molar-refractivity contribution in [3.8, 4) is 0 Å². The fourth-order valence-electron chi connectivity index (χ4n) is 1.71. The first-order chi connectivity index (χ1) is 8.24. The Morgan fingerprint density at radius 1 is 1.47 bits per heavy atom. The molecular weight excluding hydrogens is 238 g/mol. The van der Waals surface area contributed by atoms with Crippen LogP contribution in [0.5, 0.6) is 0 Å². The molecule has 0 radical (unpaired) electrons. The molecule has 17 heavy (non-hydrogen) atoms. The van der Waals surface area contributed by atoms with E-state index in [4.69, 9.17) is 5.11 Å². The Labute approximate surface area is 101 Å². The average Bonchev–Trinajstić information content (AvgIpc) is 2.96. The van der Waals surface area contributed by atoms with E-state index in [1.54, 1.807) is 6.07 Å². The molecule has 0 unspecified atom stereocenters. The van der Waals surface area contributed by atoms with Gasteiger partial charge < -0.3 is 10.4 Å².